The number of nitrogens with zero attached hydrogens (tertiary/aromatic N) is 2. The molecule has 0 saturated heterocycles. The standard InChI is InChI=1S/2C7H6N2.Pb/c2*1-2-4-7-6(3-1)8-5-9-7;/h2*1-5H,(H,8,9);. The molecule has 0 amide bonds. The number of nitrogens with one attached hydrogen (secondary N) is 2. The van der Waals surface area contributed by atoms with Gasteiger partial charge >= 0.3 is 0 Å². The van der Waals surface area contributed by atoms with Gasteiger partial charge in [0.2, 0.25) is 0 Å². The quantitative estimate of drug-likeness (QED) is 0.411. The Morgan fingerprint density at radius 2 is 1.05 bits per heavy atom. The Hall–Kier alpha value is -1.70. The van der Waals surface area contributed by atoms with Gasteiger partial charge in [0.15, 0.2) is 0 Å². The van der Waals surface area contributed by atoms with Gasteiger partial charge in [0.25, 0.3) is 0 Å². The molecule has 4 nitrogen and oxygen atoms in total. The fourth-order valence-corrected chi connectivity index (χ4v) is 1.76. The zero-order valence-electron chi connectivity index (χ0n) is 10.2. The van der Waals surface area contributed by atoms with Crippen molar-refractivity contribution < 1.29 is 0 Å². The number of hydrogen-bond acceptors (Lipinski definition) is 2. The van der Waals surface area contributed by atoms with E-state index in [0.717, 1.165) is 22.1 Å². The first-order valence-corrected chi connectivity index (χ1v) is 5.70. The van der Waals surface area contributed by atoms with Crippen LogP contribution in [0.25, 0.3) is 22.1 Å². The third-order valence-electron chi connectivity index (χ3n) is 2.66. The number of aromatic amines is 2. The second-order valence-corrected chi connectivity index (χ2v) is 3.84. The summed E-state index contributed by atoms with van der Waals surface area (Å²) in [6, 6.07) is 15.9. The molecule has 0 saturated carbocycles. The van der Waals surface area contributed by atoms with Crippen molar-refractivity contribution in [3.63, 3.8) is 0 Å². The Morgan fingerprint density at radius 1 is 0.632 bits per heavy atom. The van der Waals surface area contributed by atoms with Crippen LogP contribution in [0.3, 0.4) is 0 Å². The summed E-state index contributed by atoms with van der Waals surface area (Å²) < 4.78 is 0. The van der Waals surface area contributed by atoms with Gasteiger partial charge in [-0.25, -0.2) is 9.97 Å². The van der Waals surface area contributed by atoms with Gasteiger partial charge in [-0.2, -0.15) is 0 Å². The first-order chi connectivity index (χ1) is 8.93. The maximum absolute atomic E-state index is 4.06. The number of H-pyrrole nitrogens is 2. The van der Waals surface area contributed by atoms with E-state index in [0.29, 0.717) is 0 Å². The van der Waals surface area contributed by atoms with Crippen molar-refractivity contribution in [2.45, 2.75) is 0 Å². The van der Waals surface area contributed by atoms with Gasteiger partial charge in [-0.15, -0.1) is 0 Å². The van der Waals surface area contributed by atoms with E-state index in [9.17, 15) is 0 Å². The summed E-state index contributed by atoms with van der Waals surface area (Å²) >= 11 is 0. The third-order valence-corrected chi connectivity index (χ3v) is 2.66. The van der Waals surface area contributed by atoms with Crippen LogP contribution < -0.4 is 0 Å². The minimum absolute atomic E-state index is 0. The van der Waals surface area contributed by atoms with Gasteiger partial charge < -0.3 is 9.97 Å². The van der Waals surface area contributed by atoms with Gasteiger partial charge in [0.1, 0.15) is 0 Å². The van der Waals surface area contributed by atoms with E-state index in [2.05, 4.69) is 19.9 Å². The molecule has 2 heterocycles. The Kier molecular flexibility index (Phi) is 4.67. The van der Waals surface area contributed by atoms with Crippen LogP contribution in [-0.4, -0.2) is 47.2 Å². The summed E-state index contributed by atoms with van der Waals surface area (Å²) in [5.74, 6) is 0. The molecule has 0 aliphatic rings. The topological polar surface area (TPSA) is 57.4 Å². The second-order valence-electron chi connectivity index (χ2n) is 3.84. The Morgan fingerprint density at radius 3 is 1.47 bits per heavy atom. The Bertz CT molecular complexity index is 633. The number of rotatable bonds is 0. The minimum atomic E-state index is 0. The molecule has 4 radical (unpaired) electrons. The first kappa shape index (κ1) is 13.7. The summed E-state index contributed by atoms with van der Waals surface area (Å²) in [6.07, 6.45) is 3.40. The average Bonchev–Trinajstić information content (AvgIpc) is 3.08. The van der Waals surface area contributed by atoms with E-state index in [1.165, 1.54) is 0 Å². The molecule has 0 atom stereocenters. The number of benzene rings is 2. The number of imidazole rings is 2. The number of hydrogen-bond donors (Lipinski definition) is 2. The van der Waals surface area contributed by atoms with Crippen LogP contribution in [0.4, 0.5) is 0 Å². The largest absolute Gasteiger partial charge is 0.345 e. The van der Waals surface area contributed by atoms with E-state index in [-0.39, 0.29) is 27.3 Å². The summed E-state index contributed by atoms with van der Waals surface area (Å²) in [6.45, 7) is 0. The zero-order chi connectivity index (χ0) is 12.2. The third kappa shape index (κ3) is 3.20. The molecule has 0 unspecified atom stereocenters. The van der Waals surface area contributed by atoms with Crippen molar-refractivity contribution in [2.24, 2.45) is 0 Å². The molecular formula is C14H12N4Pb. The normalized spacial score (nSPS) is 9.68. The van der Waals surface area contributed by atoms with E-state index in [1.54, 1.807) is 12.7 Å². The van der Waals surface area contributed by atoms with Crippen LogP contribution in [0.1, 0.15) is 0 Å². The summed E-state index contributed by atoms with van der Waals surface area (Å²) in [5.41, 5.74) is 4.24. The molecule has 0 spiro atoms. The van der Waals surface area contributed by atoms with Gasteiger partial charge in [0, 0.05) is 27.3 Å². The number of aromatic nitrogens is 4. The van der Waals surface area contributed by atoms with Crippen LogP contribution in [0.5, 0.6) is 0 Å². The molecule has 2 N–H and O–H groups in total. The van der Waals surface area contributed by atoms with Gasteiger partial charge in [-0.3, -0.25) is 0 Å². The Labute approximate surface area is 130 Å². The molecular weight excluding hydrogens is 431 g/mol. The van der Waals surface area contributed by atoms with Gasteiger partial charge in [-0.1, -0.05) is 24.3 Å². The molecule has 5 heteroatoms. The molecule has 2 aromatic carbocycles. The monoisotopic (exact) mass is 444 g/mol. The molecule has 0 bridgehead atoms. The summed E-state index contributed by atoms with van der Waals surface area (Å²) in [7, 11) is 0. The van der Waals surface area contributed by atoms with Crippen molar-refractivity contribution in [1.82, 2.24) is 19.9 Å². The molecule has 19 heavy (non-hydrogen) atoms. The van der Waals surface area contributed by atoms with E-state index in [4.69, 9.17) is 0 Å². The van der Waals surface area contributed by atoms with Crippen LogP contribution >= 0.6 is 0 Å². The average molecular weight is 443 g/mol. The molecule has 92 valence electrons. The van der Waals surface area contributed by atoms with Crippen LogP contribution in [0, 0.1) is 0 Å². The predicted molar refractivity (Wildman–Crippen MR) is 77.9 cm³/mol. The molecule has 0 aliphatic carbocycles. The van der Waals surface area contributed by atoms with E-state index in [1.807, 2.05) is 48.5 Å². The minimum Gasteiger partial charge on any atom is -0.345 e. The molecule has 0 fully saturated rings. The summed E-state index contributed by atoms with van der Waals surface area (Å²) in [4.78, 5) is 14.1. The molecule has 2 aromatic heterocycles. The molecule has 4 rings (SSSR count). The van der Waals surface area contributed by atoms with E-state index >= 15 is 0 Å². The fourth-order valence-electron chi connectivity index (χ4n) is 1.76. The van der Waals surface area contributed by atoms with Crippen molar-refractivity contribution >= 4 is 49.4 Å². The predicted octanol–water partition coefficient (Wildman–Crippen LogP) is 2.75. The number of para-hydroxylation sites is 4. The Balaban J connectivity index is 0.000000133. The van der Waals surface area contributed by atoms with Crippen molar-refractivity contribution in [1.29, 1.82) is 0 Å². The molecule has 4 aromatic rings. The van der Waals surface area contributed by atoms with Gasteiger partial charge in [0.05, 0.1) is 34.7 Å². The zero-order valence-corrected chi connectivity index (χ0v) is 14.1. The fraction of sp³-hybridized carbons (Fsp3) is 0. The second kappa shape index (κ2) is 6.46. The van der Waals surface area contributed by atoms with Crippen LogP contribution in [0.15, 0.2) is 61.2 Å². The molecule has 0 aliphatic heterocycles. The first-order valence-electron chi connectivity index (χ1n) is 5.70. The summed E-state index contributed by atoms with van der Waals surface area (Å²) in [5, 5.41) is 0. The van der Waals surface area contributed by atoms with Gasteiger partial charge in [-0.05, 0) is 24.3 Å². The smallest absolute Gasteiger partial charge is 0.0931 e. The van der Waals surface area contributed by atoms with Crippen LogP contribution in [0.2, 0.25) is 0 Å². The van der Waals surface area contributed by atoms with Crippen LogP contribution in [-0.2, 0) is 0 Å². The van der Waals surface area contributed by atoms with E-state index < -0.39 is 0 Å². The number of fused-ring (bicyclic) bond motifs is 2. The SMILES string of the molecule is [Pb].c1ccc2[nH]cnc2c1.c1ccc2[nH]cnc2c1. The maximum atomic E-state index is 4.06. The van der Waals surface area contributed by atoms with Crippen molar-refractivity contribution in [3.8, 4) is 0 Å². The van der Waals surface area contributed by atoms with Crippen molar-refractivity contribution in [3.05, 3.63) is 61.2 Å². The maximum Gasteiger partial charge on any atom is 0.0931 e. The van der Waals surface area contributed by atoms with Crippen molar-refractivity contribution in [2.75, 3.05) is 0 Å².